The first-order chi connectivity index (χ1) is 12.5. The number of carbonyl (C=O) groups is 1. The van der Waals surface area contributed by atoms with Crippen molar-refractivity contribution < 1.29 is 4.79 Å². The van der Waals surface area contributed by atoms with Gasteiger partial charge in [0.2, 0.25) is 5.96 Å². The first-order valence-corrected chi connectivity index (χ1v) is 9.20. The number of nitrogens with zero attached hydrogens (tertiary/aromatic N) is 5. The van der Waals surface area contributed by atoms with Gasteiger partial charge in [-0.05, 0) is 24.8 Å². The van der Waals surface area contributed by atoms with E-state index in [0.29, 0.717) is 18.2 Å². The van der Waals surface area contributed by atoms with Gasteiger partial charge in [0.25, 0.3) is 5.91 Å². The minimum atomic E-state index is -0.0308. The van der Waals surface area contributed by atoms with Crippen molar-refractivity contribution in [3.05, 3.63) is 47.4 Å². The Morgan fingerprint density at radius 2 is 1.96 bits per heavy atom. The Morgan fingerprint density at radius 1 is 1.23 bits per heavy atom. The fourth-order valence-corrected chi connectivity index (χ4v) is 3.84. The summed E-state index contributed by atoms with van der Waals surface area (Å²) in [7, 11) is 1.81. The lowest BCUT2D eigenvalue weighted by Gasteiger charge is -2.31. The van der Waals surface area contributed by atoms with Crippen molar-refractivity contribution in [2.45, 2.75) is 39.8 Å². The van der Waals surface area contributed by atoms with Crippen LogP contribution in [0, 0.1) is 12.8 Å². The van der Waals surface area contributed by atoms with Crippen LogP contribution in [0.5, 0.6) is 0 Å². The highest BCUT2D eigenvalue weighted by atomic mass is 16.2. The van der Waals surface area contributed by atoms with E-state index in [-0.39, 0.29) is 11.9 Å². The molecule has 1 atom stereocenters. The van der Waals surface area contributed by atoms with Crippen molar-refractivity contribution >= 4 is 17.7 Å². The maximum Gasteiger partial charge on any atom is 0.280 e. The quantitative estimate of drug-likeness (QED) is 0.851. The molecular weight excluding hydrogens is 326 g/mol. The van der Waals surface area contributed by atoms with Gasteiger partial charge < -0.3 is 4.57 Å². The SMILES string of the molecule is Cc1nc2c(n1Cc1ccccc1)C(=O)N(C)C1=N[C@H](CC(C)C)CN12. The maximum absolute atomic E-state index is 13.1. The van der Waals surface area contributed by atoms with Gasteiger partial charge in [0.1, 0.15) is 5.82 Å². The van der Waals surface area contributed by atoms with Gasteiger partial charge in [-0.25, -0.2) is 9.98 Å². The Labute approximate surface area is 154 Å². The van der Waals surface area contributed by atoms with Gasteiger partial charge in [-0.3, -0.25) is 14.6 Å². The number of amides is 1. The molecule has 136 valence electrons. The van der Waals surface area contributed by atoms with Crippen LogP contribution < -0.4 is 4.90 Å². The number of benzene rings is 1. The molecule has 0 N–H and O–H groups in total. The number of aromatic nitrogens is 2. The molecule has 2 aliphatic heterocycles. The van der Waals surface area contributed by atoms with Crippen LogP contribution in [0.2, 0.25) is 0 Å². The first kappa shape index (κ1) is 16.8. The number of fused-ring (bicyclic) bond motifs is 3. The predicted octanol–water partition coefficient (Wildman–Crippen LogP) is 2.92. The van der Waals surface area contributed by atoms with Gasteiger partial charge in [-0.15, -0.1) is 0 Å². The number of hydrogen-bond acceptors (Lipinski definition) is 4. The molecule has 4 rings (SSSR count). The zero-order chi connectivity index (χ0) is 18.4. The third kappa shape index (κ3) is 2.69. The molecule has 0 saturated carbocycles. The molecule has 1 amide bonds. The number of aryl methyl sites for hydroxylation is 1. The lowest BCUT2D eigenvalue weighted by atomic mass is 10.0. The highest BCUT2D eigenvalue weighted by molar-refractivity contribution is 6.17. The van der Waals surface area contributed by atoms with Crippen LogP contribution in [0.25, 0.3) is 0 Å². The molecule has 2 aromatic rings. The van der Waals surface area contributed by atoms with E-state index in [4.69, 9.17) is 9.98 Å². The highest BCUT2D eigenvalue weighted by Crippen LogP contribution is 2.33. The van der Waals surface area contributed by atoms with Crippen molar-refractivity contribution in [2.24, 2.45) is 10.9 Å². The van der Waals surface area contributed by atoms with Crippen molar-refractivity contribution in [1.82, 2.24) is 14.5 Å². The molecule has 0 saturated heterocycles. The smallest absolute Gasteiger partial charge is 0.280 e. The lowest BCUT2D eigenvalue weighted by molar-refractivity contribution is 0.0855. The molecule has 6 heteroatoms. The topological polar surface area (TPSA) is 53.7 Å². The summed E-state index contributed by atoms with van der Waals surface area (Å²) in [5.74, 6) is 2.89. The van der Waals surface area contributed by atoms with Crippen LogP contribution in [0.4, 0.5) is 5.82 Å². The zero-order valence-electron chi connectivity index (χ0n) is 15.8. The van der Waals surface area contributed by atoms with Gasteiger partial charge in [-0.1, -0.05) is 44.2 Å². The van der Waals surface area contributed by atoms with Gasteiger partial charge in [0.05, 0.1) is 12.6 Å². The Bertz CT molecular complexity index is 868. The molecule has 3 heterocycles. The Morgan fingerprint density at radius 3 is 2.65 bits per heavy atom. The van der Waals surface area contributed by atoms with E-state index in [1.165, 1.54) is 0 Å². The fourth-order valence-electron chi connectivity index (χ4n) is 3.84. The zero-order valence-corrected chi connectivity index (χ0v) is 15.8. The van der Waals surface area contributed by atoms with E-state index in [9.17, 15) is 4.79 Å². The van der Waals surface area contributed by atoms with E-state index in [1.54, 1.807) is 4.90 Å². The monoisotopic (exact) mass is 351 g/mol. The van der Waals surface area contributed by atoms with Crippen molar-refractivity contribution in [3.8, 4) is 0 Å². The van der Waals surface area contributed by atoms with Crippen LogP contribution in [0.1, 0.15) is 42.1 Å². The van der Waals surface area contributed by atoms with Crippen LogP contribution in [-0.4, -0.2) is 46.0 Å². The van der Waals surface area contributed by atoms with E-state index < -0.39 is 0 Å². The summed E-state index contributed by atoms with van der Waals surface area (Å²) in [5, 5.41) is 0. The summed E-state index contributed by atoms with van der Waals surface area (Å²) in [6.07, 6.45) is 1.01. The van der Waals surface area contributed by atoms with Crippen molar-refractivity contribution in [1.29, 1.82) is 0 Å². The summed E-state index contributed by atoms with van der Waals surface area (Å²) in [5.41, 5.74) is 1.82. The average molecular weight is 351 g/mol. The Hall–Kier alpha value is -2.63. The fraction of sp³-hybridized carbons (Fsp3) is 0.450. The number of carbonyl (C=O) groups excluding carboxylic acids is 1. The summed E-state index contributed by atoms with van der Waals surface area (Å²) in [6.45, 7) is 7.81. The number of rotatable bonds is 4. The van der Waals surface area contributed by atoms with Crippen LogP contribution in [-0.2, 0) is 6.54 Å². The van der Waals surface area contributed by atoms with Gasteiger partial charge in [0.15, 0.2) is 11.5 Å². The normalized spacial score (nSPS) is 19.0. The summed E-state index contributed by atoms with van der Waals surface area (Å²) >= 11 is 0. The molecule has 2 aliphatic rings. The molecule has 0 radical (unpaired) electrons. The molecule has 1 aromatic heterocycles. The second kappa shape index (κ2) is 6.27. The molecule has 26 heavy (non-hydrogen) atoms. The second-order valence-corrected chi connectivity index (χ2v) is 7.59. The molecular formula is C20H25N5O. The number of anilines is 1. The summed E-state index contributed by atoms with van der Waals surface area (Å²) in [6, 6.07) is 10.4. The van der Waals surface area contributed by atoms with Gasteiger partial charge >= 0.3 is 0 Å². The van der Waals surface area contributed by atoms with E-state index >= 15 is 0 Å². The molecule has 0 spiro atoms. The standard InChI is InChI=1S/C20H25N5O/c1-13(2)10-16-12-25-18-17(19(26)23(4)20(25)22-16)24(14(3)21-18)11-15-8-6-5-7-9-15/h5-9,13,16H,10-12H2,1-4H3/t16-/m1/s1. The third-order valence-electron chi connectivity index (χ3n) is 5.06. The molecule has 0 unspecified atom stereocenters. The van der Waals surface area contributed by atoms with E-state index in [2.05, 4.69) is 30.9 Å². The Kier molecular flexibility index (Phi) is 4.05. The number of aliphatic imine (C=N–C) groups is 1. The van der Waals surface area contributed by atoms with Gasteiger partial charge in [0, 0.05) is 13.6 Å². The molecule has 0 bridgehead atoms. The van der Waals surface area contributed by atoms with Crippen LogP contribution >= 0.6 is 0 Å². The minimum absolute atomic E-state index is 0.0308. The first-order valence-electron chi connectivity index (χ1n) is 9.20. The Balaban J connectivity index is 1.73. The van der Waals surface area contributed by atoms with Crippen LogP contribution in [0.15, 0.2) is 35.3 Å². The lowest BCUT2D eigenvalue weighted by Crippen LogP contribution is -2.48. The largest absolute Gasteiger partial charge is 0.318 e. The number of hydrogen-bond donors (Lipinski definition) is 0. The highest BCUT2D eigenvalue weighted by Gasteiger charge is 2.42. The minimum Gasteiger partial charge on any atom is -0.318 e. The van der Waals surface area contributed by atoms with Crippen molar-refractivity contribution in [3.63, 3.8) is 0 Å². The van der Waals surface area contributed by atoms with E-state index in [1.807, 2.05) is 36.7 Å². The molecule has 0 fully saturated rings. The van der Waals surface area contributed by atoms with Crippen molar-refractivity contribution in [2.75, 3.05) is 18.5 Å². The van der Waals surface area contributed by atoms with Crippen LogP contribution in [0.3, 0.4) is 0 Å². The van der Waals surface area contributed by atoms with E-state index in [0.717, 1.165) is 36.1 Å². The predicted molar refractivity (Wildman–Crippen MR) is 103 cm³/mol. The number of imidazole rings is 1. The summed E-state index contributed by atoms with van der Waals surface area (Å²) in [4.78, 5) is 26.4. The third-order valence-corrected chi connectivity index (χ3v) is 5.06. The number of guanidine groups is 1. The molecule has 1 aromatic carbocycles. The maximum atomic E-state index is 13.1. The molecule has 6 nitrogen and oxygen atoms in total. The average Bonchev–Trinajstić information content (AvgIpc) is 3.15. The van der Waals surface area contributed by atoms with Gasteiger partial charge in [-0.2, -0.15) is 0 Å². The molecule has 0 aliphatic carbocycles. The summed E-state index contributed by atoms with van der Waals surface area (Å²) < 4.78 is 2.02. The second-order valence-electron chi connectivity index (χ2n) is 7.59.